The lowest BCUT2D eigenvalue weighted by molar-refractivity contribution is 0.491. The fourth-order valence-electron chi connectivity index (χ4n) is 3.78. The fourth-order valence-corrected chi connectivity index (χ4v) is 6.08. The van der Waals surface area contributed by atoms with E-state index in [4.69, 9.17) is 11.0 Å². The van der Waals surface area contributed by atoms with Gasteiger partial charge in [-0.2, -0.15) is 5.26 Å². The van der Waals surface area contributed by atoms with Crippen molar-refractivity contribution in [3.63, 3.8) is 0 Å². The Hall–Kier alpha value is -3.65. The van der Waals surface area contributed by atoms with Crippen LogP contribution in [-0.4, -0.2) is 47.6 Å². The van der Waals surface area contributed by atoms with Crippen LogP contribution in [0, 0.1) is 17.1 Å². The van der Waals surface area contributed by atoms with Crippen molar-refractivity contribution < 1.29 is 8.60 Å². The molecule has 3 heterocycles. The molecular formula is C22H23FN8OS. The summed E-state index contributed by atoms with van der Waals surface area (Å²) < 4.78 is 33.3. The van der Waals surface area contributed by atoms with Crippen LogP contribution >= 0.6 is 0 Å². The van der Waals surface area contributed by atoms with E-state index in [1.807, 2.05) is 6.07 Å². The Morgan fingerprint density at radius 1 is 1.27 bits per heavy atom. The number of pyridine rings is 1. The predicted octanol–water partition coefficient (Wildman–Crippen LogP) is 2.80. The second kappa shape index (κ2) is 7.74. The number of nitrogens with two attached hydrogens (primary N) is 1. The molecule has 0 aliphatic carbocycles. The van der Waals surface area contributed by atoms with Crippen LogP contribution in [0.25, 0.3) is 17.1 Å². The van der Waals surface area contributed by atoms with Crippen LogP contribution in [0.4, 0.5) is 4.39 Å². The van der Waals surface area contributed by atoms with E-state index in [1.54, 1.807) is 51.2 Å². The molecule has 0 fully saturated rings. The fraction of sp³-hybridized carbons (Fsp3) is 0.318. The molecule has 0 saturated carbocycles. The highest BCUT2D eigenvalue weighted by atomic mass is 32.2. The Labute approximate surface area is 191 Å². The van der Waals surface area contributed by atoms with Crippen molar-refractivity contribution in [1.29, 1.82) is 5.26 Å². The van der Waals surface area contributed by atoms with E-state index in [0.29, 0.717) is 22.6 Å². The smallest absolute Gasteiger partial charge is 0.155 e. The highest BCUT2D eigenvalue weighted by molar-refractivity contribution is 7.95. The molecule has 4 rings (SSSR count). The molecule has 170 valence electrons. The Bertz CT molecular complexity index is 1430. The number of nitrogens with zero attached hydrogens (tertiary/aromatic N) is 7. The van der Waals surface area contributed by atoms with Crippen molar-refractivity contribution in [2.75, 3.05) is 12.8 Å². The predicted molar refractivity (Wildman–Crippen MR) is 124 cm³/mol. The van der Waals surface area contributed by atoms with Crippen molar-refractivity contribution >= 4 is 15.6 Å². The van der Waals surface area contributed by atoms with Crippen LogP contribution in [0.15, 0.2) is 52.1 Å². The third-order valence-electron chi connectivity index (χ3n) is 6.00. The SMILES string of the molecule is CN=S1(=O)C[C@@](C)(c2cc(-c3cn(-c4ccc(C#N)cn4)nn3)ccc2F)N=C(N)C1(C)C. The largest absolute Gasteiger partial charge is 0.386 e. The lowest BCUT2D eigenvalue weighted by atomic mass is 9.91. The maximum Gasteiger partial charge on any atom is 0.155 e. The van der Waals surface area contributed by atoms with Gasteiger partial charge in [0.1, 0.15) is 33.7 Å². The number of hydrogen-bond donors (Lipinski definition) is 1. The van der Waals surface area contributed by atoms with E-state index in [-0.39, 0.29) is 17.2 Å². The first-order valence-electron chi connectivity index (χ1n) is 10.1. The summed E-state index contributed by atoms with van der Waals surface area (Å²) in [6.07, 6.45) is 3.09. The van der Waals surface area contributed by atoms with E-state index in [2.05, 4.69) is 24.7 Å². The summed E-state index contributed by atoms with van der Waals surface area (Å²) in [5.74, 6) is 0.205. The number of rotatable bonds is 3. The minimum atomic E-state index is -2.80. The van der Waals surface area contributed by atoms with Gasteiger partial charge in [0.15, 0.2) is 5.82 Å². The van der Waals surface area contributed by atoms with Crippen LogP contribution < -0.4 is 5.73 Å². The second-order valence-electron chi connectivity index (χ2n) is 8.51. The number of nitriles is 1. The average molecular weight is 467 g/mol. The quantitative estimate of drug-likeness (QED) is 0.630. The van der Waals surface area contributed by atoms with Gasteiger partial charge in [-0.1, -0.05) is 5.21 Å². The van der Waals surface area contributed by atoms with Crippen LogP contribution in [0.1, 0.15) is 31.9 Å². The van der Waals surface area contributed by atoms with Crippen molar-refractivity contribution in [2.45, 2.75) is 31.1 Å². The first-order chi connectivity index (χ1) is 15.5. The maximum absolute atomic E-state index is 15.0. The zero-order valence-electron chi connectivity index (χ0n) is 18.7. The first kappa shape index (κ1) is 22.5. The van der Waals surface area contributed by atoms with Crippen LogP contribution in [0.3, 0.4) is 0 Å². The minimum absolute atomic E-state index is 0.0342. The number of hydrogen-bond acceptors (Lipinski definition) is 8. The van der Waals surface area contributed by atoms with Crippen molar-refractivity contribution in [2.24, 2.45) is 15.1 Å². The summed E-state index contributed by atoms with van der Waals surface area (Å²) in [6, 6.07) is 9.83. The molecule has 1 aliphatic heterocycles. The zero-order valence-corrected chi connectivity index (χ0v) is 19.5. The van der Waals surface area contributed by atoms with E-state index in [9.17, 15) is 4.21 Å². The lowest BCUT2D eigenvalue weighted by Crippen LogP contribution is -2.54. The Kier molecular flexibility index (Phi) is 5.29. The molecule has 0 radical (unpaired) electrons. The van der Waals surface area contributed by atoms with E-state index in [0.717, 1.165) is 0 Å². The number of benzene rings is 1. The van der Waals surface area contributed by atoms with Gasteiger partial charge in [0.05, 0.1) is 27.2 Å². The van der Waals surface area contributed by atoms with Gasteiger partial charge in [0, 0.05) is 24.4 Å². The monoisotopic (exact) mass is 466 g/mol. The summed E-state index contributed by atoms with van der Waals surface area (Å²) in [5, 5.41) is 17.2. The molecule has 0 amide bonds. The molecule has 0 saturated heterocycles. The maximum atomic E-state index is 15.0. The van der Waals surface area contributed by atoms with Crippen LogP contribution in [0.2, 0.25) is 0 Å². The molecule has 9 nitrogen and oxygen atoms in total. The molecule has 0 spiro atoms. The van der Waals surface area contributed by atoms with Crippen LogP contribution in [-0.2, 0) is 15.3 Å². The molecule has 0 bridgehead atoms. The third-order valence-corrected chi connectivity index (χ3v) is 9.35. The molecule has 1 aromatic carbocycles. The average Bonchev–Trinajstić information content (AvgIpc) is 3.28. The molecule has 3 aromatic rings. The van der Waals surface area contributed by atoms with Crippen LogP contribution in [0.5, 0.6) is 0 Å². The zero-order chi connectivity index (χ0) is 24.0. The van der Waals surface area contributed by atoms with E-state index in [1.165, 1.54) is 24.0 Å². The van der Waals surface area contributed by atoms with Gasteiger partial charge >= 0.3 is 0 Å². The summed E-state index contributed by atoms with van der Waals surface area (Å²) in [6.45, 7) is 5.19. The Morgan fingerprint density at radius 3 is 2.67 bits per heavy atom. The van der Waals surface area contributed by atoms with E-state index < -0.39 is 25.8 Å². The summed E-state index contributed by atoms with van der Waals surface area (Å²) >= 11 is 0. The second-order valence-corrected chi connectivity index (χ2v) is 11.5. The number of amidine groups is 1. The number of halogens is 1. The van der Waals surface area contributed by atoms with Crippen molar-refractivity contribution in [3.8, 4) is 23.1 Å². The molecule has 2 aromatic heterocycles. The molecule has 2 N–H and O–H groups in total. The molecule has 1 unspecified atom stereocenters. The van der Waals surface area contributed by atoms with Gasteiger partial charge < -0.3 is 5.73 Å². The van der Waals surface area contributed by atoms with Gasteiger partial charge in [0.25, 0.3) is 0 Å². The summed E-state index contributed by atoms with van der Waals surface area (Å²) in [5.41, 5.74) is 6.81. The topological polar surface area (TPSA) is 135 Å². The van der Waals surface area contributed by atoms with Gasteiger partial charge in [-0.15, -0.1) is 5.10 Å². The first-order valence-corrected chi connectivity index (χ1v) is 11.8. The summed E-state index contributed by atoms with van der Waals surface area (Å²) in [7, 11) is -1.31. The number of aromatic nitrogens is 4. The van der Waals surface area contributed by atoms with Gasteiger partial charge in [-0.3, -0.25) is 4.99 Å². The highest BCUT2D eigenvalue weighted by Gasteiger charge is 2.47. The van der Waals surface area contributed by atoms with Gasteiger partial charge in [-0.05, 0) is 51.1 Å². The normalized spacial score (nSPS) is 24.1. The third kappa shape index (κ3) is 3.66. The summed E-state index contributed by atoms with van der Waals surface area (Å²) in [4.78, 5) is 8.78. The van der Waals surface area contributed by atoms with Gasteiger partial charge in [-0.25, -0.2) is 22.6 Å². The molecule has 2 atom stereocenters. The molecule has 33 heavy (non-hydrogen) atoms. The van der Waals surface area contributed by atoms with Crippen molar-refractivity contribution in [1.82, 2.24) is 20.0 Å². The number of aliphatic imine (C=N–C) groups is 1. The molecule has 1 aliphatic rings. The highest BCUT2D eigenvalue weighted by Crippen LogP contribution is 2.39. The Morgan fingerprint density at radius 2 is 2.03 bits per heavy atom. The van der Waals surface area contributed by atoms with Gasteiger partial charge in [0.2, 0.25) is 0 Å². The minimum Gasteiger partial charge on any atom is -0.386 e. The molecule has 11 heteroatoms. The van der Waals surface area contributed by atoms with Crippen molar-refractivity contribution in [3.05, 3.63) is 59.7 Å². The molecular weight excluding hydrogens is 443 g/mol. The Balaban J connectivity index is 1.77. The lowest BCUT2D eigenvalue weighted by Gasteiger charge is -2.40. The van der Waals surface area contributed by atoms with E-state index >= 15 is 4.39 Å². The standard InChI is InChI=1S/C22H23FN8OS/c1-21(2)20(25)28-22(3,13-33(21,32)26-4)16-9-15(6-7-17(16)23)18-12-31(30-29-18)19-8-5-14(10-24)11-27-19/h5-9,11-12H,13H2,1-4H3,(H2,25,28)/t22-,33?/m0/s1.